The number of carbonyl (C=O) groups is 2. The summed E-state index contributed by atoms with van der Waals surface area (Å²) in [7, 11) is -4.63. The minimum Gasteiger partial charge on any atom is -0.462 e. The zero-order chi connectivity index (χ0) is 40.5. The lowest BCUT2D eigenvalue weighted by molar-refractivity contribution is -0.161. The van der Waals surface area contributed by atoms with Gasteiger partial charge in [0, 0.05) is 12.8 Å². The van der Waals surface area contributed by atoms with E-state index < -0.39 is 51.8 Å². The van der Waals surface area contributed by atoms with Crippen LogP contribution >= 0.6 is 7.82 Å². The van der Waals surface area contributed by atoms with E-state index in [9.17, 15) is 24.2 Å². The zero-order valence-corrected chi connectivity index (χ0v) is 35.0. The van der Waals surface area contributed by atoms with Gasteiger partial charge in [-0.25, -0.2) is 4.57 Å². The molecule has 0 heterocycles. The first-order chi connectivity index (χ1) is 26.7. The number of hydrogen-bond donors (Lipinski definition) is 3. The summed E-state index contributed by atoms with van der Waals surface area (Å²) in [6.07, 6.45) is 44.4. The Morgan fingerprint density at radius 1 is 0.564 bits per heavy atom. The fourth-order valence-corrected chi connectivity index (χ4v) is 5.92. The molecule has 55 heavy (non-hydrogen) atoms. The molecule has 11 heteroatoms. The highest BCUT2D eigenvalue weighted by Crippen LogP contribution is 2.43. The topological polar surface area (TPSA) is 149 Å². The monoisotopic (exact) mass is 795 g/mol. The van der Waals surface area contributed by atoms with Gasteiger partial charge < -0.3 is 24.6 Å². The van der Waals surface area contributed by atoms with E-state index in [1.54, 1.807) is 0 Å². The molecule has 0 aromatic carbocycles. The van der Waals surface area contributed by atoms with Crippen molar-refractivity contribution in [2.45, 2.75) is 167 Å². The Morgan fingerprint density at radius 3 is 1.53 bits per heavy atom. The Labute approximate surface area is 333 Å². The van der Waals surface area contributed by atoms with Crippen LogP contribution in [0.1, 0.15) is 155 Å². The van der Waals surface area contributed by atoms with Crippen molar-refractivity contribution in [3.05, 3.63) is 72.9 Å². The van der Waals surface area contributed by atoms with E-state index in [1.807, 2.05) is 0 Å². The smallest absolute Gasteiger partial charge is 0.462 e. The molecular weight excluding hydrogens is 719 g/mol. The second kappa shape index (κ2) is 39.6. The number of phosphoric ester groups is 1. The minimum atomic E-state index is -4.63. The lowest BCUT2D eigenvalue weighted by Crippen LogP contribution is -2.29. The quantitative estimate of drug-likeness (QED) is 0.0239. The van der Waals surface area contributed by atoms with Gasteiger partial charge in [0.25, 0.3) is 0 Å². The van der Waals surface area contributed by atoms with Crippen LogP contribution in [0.15, 0.2) is 72.9 Å². The largest absolute Gasteiger partial charge is 0.472 e. The molecule has 0 aliphatic carbocycles. The normalized spacial score (nSPS) is 14.6. The van der Waals surface area contributed by atoms with Crippen molar-refractivity contribution in [1.29, 1.82) is 0 Å². The Bertz CT molecular complexity index is 1140. The molecule has 0 saturated heterocycles. The number of rotatable bonds is 38. The van der Waals surface area contributed by atoms with Gasteiger partial charge in [0.05, 0.1) is 19.8 Å². The van der Waals surface area contributed by atoms with E-state index in [-0.39, 0.29) is 19.4 Å². The summed E-state index contributed by atoms with van der Waals surface area (Å²) >= 11 is 0. The van der Waals surface area contributed by atoms with E-state index in [0.29, 0.717) is 12.8 Å². The van der Waals surface area contributed by atoms with Crippen LogP contribution in [0.2, 0.25) is 0 Å². The van der Waals surface area contributed by atoms with Crippen LogP contribution in [0, 0.1) is 0 Å². The van der Waals surface area contributed by atoms with Gasteiger partial charge in [-0.3, -0.25) is 18.6 Å². The number of hydrogen-bond acceptors (Lipinski definition) is 9. The summed E-state index contributed by atoms with van der Waals surface area (Å²) in [5.74, 6) is -0.981. The zero-order valence-electron chi connectivity index (χ0n) is 34.1. The van der Waals surface area contributed by atoms with Crippen molar-refractivity contribution in [3.63, 3.8) is 0 Å². The molecule has 3 N–H and O–H groups in total. The first-order valence-corrected chi connectivity index (χ1v) is 22.4. The molecule has 0 spiro atoms. The number of phosphoric acid groups is 1. The molecule has 0 rings (SSSR count). The molecular formula is C44H75O10P. The van der Waals surface area contributed by atoms with Crippen molar-refractivity contribution in [2.75, 3.05) is 26.4 Å². The number of unbranched alkanes of at least 4 members (excludes halogenated alkanes) is 12. The van der Waals surface area contributed by atoms with Crippen LogP contribution in [0.4, 0.5) is 0 Å². The van der Waals surface area contributed by atoms with Crippen LogP contribution < -0.4 is 0 Å². The third kappa shape index (κ3) is 39.4. The predicted octanol–water partition coefficient (Wildman–Crippen LogP) is 10.9. The Kier molecular flexibility index (Phi) is 37.8. The third-order valence-electron chi connectivity index (χ3n) is 8.34. The minimum absolute atomic E-state index is 0.159. The summed E-state index contributed by atoms with van der Waals surface area (Å²) in [6.45, 7) is 2.17. The Morgan fingerprint density at radius 2 is 1.00 bits per heavy atom. The molecule has 0 aliphatic heterocycles. The van der Waals surface area contributed by atoms with Gasteiger partial charge in [0.2, 0.25) is 0 Å². The standard InChI is InChI=1S/C44H75O10P/c1-3-5-7-9-11-13-15-17-18-19-20-21-22-24-26-28-30-32-34-36-44(48)54-42(40-53-55(49,50)52-38-41(46)37-45)39-51-43(47)35-33-31-29-27-25-23-16-14-12-10-8-6-4-2/h6,8,11-14,17-18,20-21,23,25,41-42,45-46H,3-5,7,9-10,15-16,19,22,24,26-40H2,1-2H3,(H,49,50)/b8-6-,13-11-,14-12-,18-17-,21-20-,25-23-. The van der Waals surface area contributed by atoms with Crippen LogP contribution in [-0.2, 0) is 32.7 Å². The van der Waals surface area contributed by atoms with E-state index in [4.69, 9.17) is 19.1 Å². The Balaban J connectivity index is 4.38. The number of aliphatic hydroxyl groups is 2. The van der Waals surface area contributed by atoms with E-state index in [1.165, 1.54) is 25.7 Å². The fourth-order valence-electron chi connectivity index (χ4n) is 5.13. The van der Waals surface area contributed by atoms with Gasteiger partial charge in [-0.2, -0.15) is 0 Å². The Hall–Kier alpha value is -2.59. The molecule has 0 fully saturated rings. The molecule has 0 aromatic heterocycles. The molecule has 0 amide bonds. The first-order valence-electron chi connectivity index (χ1n) is 20.9. The van der Waals surface area contributed by atoms with Crippen LogP contribution in [0.3, 0.4) is 0 Å². The van der Waals surface area contributed by atoms with E-state index in [0.717, 1.165) is 89.9 Å². The molecule has 3 atom stereocenters. The maximum Gasteiger partial charge on any atom is 0.472 e. The average molecular weight is 795 g/mol. The lowest BCUT2D eigenvalue weighted by atomic mass is 10.1. The van der Waals surface area contributed by atoms with Crippen molar-refractivity contribution >= 4 is 19.8 Å². The number of aliphatic hydroxyl groups excluding tert-OH is 2. The highest BCUT2D eigenvalue weighted by atomic mass is 31.2. The molecule has 0 saturated carbocycles. The maximum atomic E-state index is 12.6. The lowest BCUT2D eigenvalue weighted by Gasteiger charge is -2.20. The average Bonchev–Trinajstić information content (AvgIpc) is 3.17. The summed E-state index contributed by atoms with van der Waals surface area (Å²) in [5, 5.41) is 18.3. The molecule has 0 bridgehead atoms. The molecule has 10 nitrogen and oxygen atoms in total. The van der Waals surface area contributed by atoms with Gasteiger partial charge >= 0.3 is 19.8 Å². The fraction of sp³-hybridized carbons (Fsp3) is 0.682. The summed E-state index contributed by atoms with van der Waals surface area (Å²) in [5.41, 5.74) is 0. The van der Waals surface area contributed by atoms with Crippen molar-refractivity contribution < 1.29 is 47.8 Å². The van der Waals surface area contributed by atoms with Gasteiger partial charge in [-0.05, 0) is 83.5 Å². The van der Waals surface area contributed by atoms with Crippen molar-refractivity contribution in [2.24, 2.45) is 0 Å². The van der Waals surface area contributed by atoms with Crippen molar-refractivity contribution in [3.8, 4) is 0 Å². The SMILES string of the molecule is CC/C=C\C/C=C\C/C=C\CCCCCC(=O)OCC(COP(=O)(O)OCC(O)CO)OC(=O)CCCCCCCC/C=C\C/C=C\C/C=C\CCCCC. The number of allylic oxidation sites excluding steroid dienone is 12. The van der Waals surface area contributed by atoms with Gasteiger partial charge in [0.15, 0.2) is 6.10 Å². The van der Waals surface area contributed by atoms with Crippen LogP contribution in [-0.4, -0.2) is 65.7 Å². The van der Waals surface area contributed by atoms with E-state index >= 15 is 0 Å². The van der Waals surface area contributed by atoms with Crippen molar-refractivity contribution in [1.82, 2.24) is 0 Å². The molecule has 0 aliphatic rings. The van der Waals surface area contributed by atoms with Crippen LogP contribution in [0.5, 0.6) is 0 Å². The van der Waals surface area contributed by atoms with Gasteiger partial charge in [0.1, 0.15) is 12.7 Å². The highest BCUT2D eigenvalue weighted by molar-refractivity contribution is 7.47. The molecule has 316 valence electrons. The van der Waals surface area contributed by atoms with Gasteiger partial charge in [-0.15, -0.1) is 0 Å². The molecule has 3 unspecified atom stereocenters. The predicted molar refractivity (Wildman–Crippen MR) is 223 cm³/mol. The second-order valence-corrected chi connectivity index (χ2v) is 15.1. The second-order valence-electron chi connectivity index (χ2n) is 13.6. The summed E-state index contributed by atoms with van der Waals surface area (Å²) in [4.78, 5) is 34.9. The number of esters is 2. The van der Waals surface area contributed by atoms with E-state index in [2.05, 4.69) is 91.3 Å². The number of carbonyl (C=O) groups excluding carboxylic acids is 2. The summed E-state index contributed by atoms with van der Waals surface area (Å²) < 4.78 is 32.6. The molecule has 0 radical (unpaired) electrons. The van der Waals surface area contributed by atoms with Gasteiger partial charge in [-0.1, -0.05) is 132 Å². The van der Waals surface area contributed by atoms with Crippen LogP contribution in [0.25, 0.3) is 0 Å². The highest BCUT2D eigenvalue weighted by Gasteiger charge is 2.27. The number of ether oxygens (including phenoxy) is 2. The molecule has 0 aromatic rings. The summed E-state index contributed by atoms with van der Waals surface area (Å²) in [6, 6.07) is 0. The third-order valence-corrected chi connectivity index (χ3v) is 9.30. The first kappa shape index (κ1) is 52.4. The maximum absolute atomic E-state index is 12.6.